The lowest BCUT2D eigenvalue weighted by Gasteiger charge is -2.36. The lowest BCUT2D eigenvalue weighted by molar-refractivity contribution is -0.137. The van der Waals surface area contributed by atoms with Gasteiger partial charge in [0.2, 0.25) is 12.7 Å². The van der Waals surface area contributed by atoms with Gasteiger partial charge in [0.1, 0.15) is 5.75 Å². The van der Waals surface area contributed by atoms with Crippen LogP contribution >= 0.6 is 11.6 Å². The summed E-state index contributed by atoms with van der Waals surface area (Å²) < 4.78 is 16.4. The van der Waals surface area contributed by atoms with Gasteiger partial charge in [-0.3, -0.25) is 15.1 Å². The molecule has 0 spiro atoms. The van der Waals surface area contributed by atoms with Crippen molar-refractivity contribution in [1.82, 2.24) is 20.7 Å². The molecule has 2 unspecified atom stereocenters. The average Bonchev–Trinajstić information content (AvgIpc) is 3.50. The van der Waals surface area contributed by atoms with Crippen molar-refractivity contribution < 1.29 is 19.0 Å². The highest BCUT2D eigenvalue weighted by Crippen LogP contribution is 2.34. The van der Waals surface area contributed by atoms with Gasteiger partial charge in [0, 0.05) is 39.3 Å². The first-order chi connectivity index (χ1) is 16.1. The monoisotopic (exact) mass is 472 g/mol. The van der Waals surface area contributed by atoms with Crippen LogP contribution in [0.25, 0.3) is 0 Å². The predicted octanol–water partition coefficient (Wildman–Crippen LogP) is 2.58. The third kappa shape index (κ3) is 4.75. The smallest absolute Gasteiger partial charge is 0.231 e. The van der Waals surface area contributed by atoms with E-state index in [1.807, 2.05) is 42.2 Å². The molecule has 2 fully saturated rings. The molecule has 0 saturated carbocycles. The van der Waals surface area contributed by atoms with Gasteiger partial charge in [0.15, 0.2) is 11.5 Å². The zero-order valence-electron chi connectivity index (χ0n) is 18.7. The minimum atomic E-state index is -0.181. The maximum Gasteiger partial charge on any atom is 0.231 e. The summed E-state index contributed by atoms with van der Waals surface area (Å²) in [5.41, 5.74) is 8.58. The number of rotatable bonds is 6. The Morgan fingerprint density at radius 3 is 2.73 bits per heavy atom. The number of nitrogens with one attached hydrogen (secondary N) is 2. The van der Waals surface area contributed by atoms with Crippen molar-refractivity contribution in [3.63, 3.8) is 0 Å². The van der Waals surface area contributed by atoms with Crippen LogP contribution in [0.15, 0.2) is 36.4 Å². The summed E-state index contributed by atoms with van der Waals surface area (Å²) >= 11 is 6.39. The van der Waals surface area contributed by atoms with Crippen LogP contribution in [0.4, 0.5) is 0 Å². The lowest BCUT2D eigenvalue weighted by Crippen LogP contribution is -2.50. The Morgan fingerprint density at radius 1 is 1.12 bits per heavy atom. The molecular formula is C24H29ClN4O4. The highest BCUT2D eigenvalue weighted by atomic mass is 35.5. The van der Waals surface area contributed by atoms with E-state index in [-0.39, 0.29) is 24.7 Å². The van der Waals surface area contributed by atoms with Gasteiger partial charge in [-0.05, 0) is 42.3 Å². The second kappa shape index (κ2) is 9.77. The molecule has 0 aliphatic carbocycles. The summed E-state index contributed by atoms with van der Waals surface area (Å²) in [7, 11) is 0. The molecule has 9 heteroatoms. The largest absolute Gasteiger partial charge is 0.492 e. The molecular weight excluding hydrogens is 444 g/mol. The van der Waals surface area contributed by atoms with E-state index < -0.39 is 0 Å². The van der Waals surface area contributed by atoms with E-state index in [1.54, 1.807) is 0 Å². The van der Waals surface area contributed by atoms with Crippen molar-refractivity contribution in [3.8, 4) is 17.2 Å². The van der Waals surface area contributed by atoms with Crippen molar-refractivity contribution in [1.29, 1.82) is 0 Å². The third-order valence-electron chi connectivity index (χ3n) is 6.44. The van der Waals surface area contributed by atoms with Crippen LogP contribution in [0.3, 0.4) is 0 Å². The van der Waals surface area contributed by atoms with E-state index in [4.69, 9.17) is 25.8 Å². The van der Waals surface area contributed by atoms with Gasteiger partial charge in [-0.2, -0.15) is 0 Å². The number of fused-ring (bicyclic) bond motifs is 1. The maximum atomic E-state index is 13.4. The van der Waals surface area contributed by atoms with Gasteiger partial charge in [-0.15, -0.1) is 0 Å². The summed E-state index contributed by atoms with van der Waals surface area (Å²) in [6, 6.07) is 11.7. The van der Waals surface area contributed by atoms with Gasteiger partial charge in [0.25, 0.3) is 0 Å². The molecule has 1 amide bonds. The molecule has 2 atom stereocenters. The second-order valence-corrected chi connectivity index (χ2v) is 8.93. The summed E-state index contributed by atoms with van der Waals surface area (Å²) in [6.45, 7) is 7.31. The molecule has 2 saturated heterocycles. The van der Waals surface area contributed by atoms with Gasteiger partial charge >= 0.3 is 0 Å². The molecule has 176 valence electrons. The highest BCUT2D eigenvalue weighted by Gasteiger charge is 2.37. The number of carbonyl (C=O) groups is 1. The first-order valence-corrected chi connectivity index (χ1v) is 11.8. The highest BCUT2D eigenvalue weighted by molar-refractivity contribution is 6.32. The Labute approximate surface area is 198 Å². The fraction of sp³-hybridized carbons (Fsp3) is 0.458. The molecule has 8 nitrogen and oxygen atoms in total. The Kier molecular flexibility index (Phi) is 6.59. The normalized spacial score (nSPS) is 22.5. The van der Waals surface area contributed by atoms with Gasteiger partial charge in [-0.25, -0.2) is 5.43 Å². The molecule has 2 N–H and O–H groups in total. The summed E-state index contributed by atoms with van der Waals surface area (Å²) in [5.74, 6) is 2.26. The summed E-state index contributed by atoms with van der Waals surface area (Å²) in [6.07, 6.45) is 0. The van der Waals surface area contributed by atoms with E-state index in [1.165, 1.54) is 5.56 Å². The van der Waals surface area contributed by atoms with Gasteiger partial charge < -0.3 is 19.1 Å². The molecule has 3 heterocycles. The number of amides is 1. The first kappa shape index (κ1) is 22.3. The van der Waals surface area contributed by atoms with Crippen LogP contribution in [-0.2, 0) is 11.3 Å². The molecule has 0 radical (unpaired) electrons. The van der Waals surface area contributed by atoms with Crippen molar-refractivity contribution in [2.24, 2.45) is 5.92 Å². The van der Waals surface area contributed by atoms with Gasteiger partial charge in [-0.1, -0.05) is 23.7 Å². The molecule has 0 aromatic heterocycles. The fourth-order valence-electron chi connectivity index (χ4n) is 4.68. The minimum absolute atomic E-state index is 0.127. The maximum absolute atomic E-state index is 13.4. The van der Waals surface area contributed by atoms with Crippen molar-refractivity contribution >= 4 is 17.5 Å². The average molecular weight is 473 g/mol. The van der Waals surface area contributed by atoms with Crippen LogP contribution in [-0.4, -0.2) is 61.8 Å². The first-order valence-electron chi connectivity index (χ1n) is 11.4. The Balaban J connectivity index is 1.18. The van der Waals surface area contributed by atoms with E-state index in [0.717, 1.165) is 49.8 Å². The van der Waals surface area contributed by atoms with E-state index >= 15 is 0 Å². The minimum Gasteiger partial charge on any atom is -0.492 e. The Hall–Kier alpha value is -2.52. The number of hydrogen-bond acceptors (Lipinski definition) is 7. The molecule has 3 aliphatic heterocycles. The zero-order chi connectivity index (χ0) is 22.8. The van der Waals surface area contributed by atoms with Crippen molar-refractivity contribution in [2.45, 2.75) is 19.5 Å². The van der Waals surface area contributed by atoms with Crippen LogP contribution in [0, 0.1) is 5.92 Å². The molecule has 2 aromatic carbocycles. The topological polar surface area (TPSA) is 75.3 Å². The molecule has 0 bridgehead atoms. The van der Waals surface area contributed by atoms with Crippen LogP contribution < -0.4 is 25.1 Å². The number of benzene rings is 2. The zero-order valence-corrected chi connectivity index (χ0v) is 19.4. The second-order valence-electron chi connectivity index (χ2n) is 8.52. The molecule has 3 aliphatic rings. The van der Waals surface area contributed by atoms with Crippen LogP contribution in [0.2, 0.25) is 5.02 Å². The number of hydrazine groups is 1. The van der Waals surface area contributed by atoms with Crippen LogP contribution in [0.1, 0.15) is 24.1 Å². The quantitative estimate of drug-likeness (QED) is 0.669. The van der Waals surface area contributed by atoms with E-state index in [0.29, 0.717) is 23.9 Å². The number of nitrogens with zero attached hydrogens (tertiary/aromatic N) is 2. The summed E-state index contributed by atoms with van der Waals surface area (Å²) in [4.78, 5) is 17.7. The number of carbonyl (C=O) groups excluding carboxylic acids is 1. The number of ether oxygens (including phenoxy) is 3. The number of hydrogen-bond donors (Lipinski definition) is 2. The van der Waals surface area contributed by atoms with E-state index in [9.17, 15) is 4.79 Å². The summed E-state index contributed by atoms with van der Waals surface area (Å²) in [5, 5.41) is 0.561. The standard InChI is InChI=1S/C24H29ClN4O4/c1-2-31-20-6-4-17(12-19(20)25)23-18(13-26-27-23)24(30)29-9-7-28(8-10-29)14-16-3-5-21-22(11-16)33-15-32-21/h3-6,11-12,18,23,26-27H,2,7-10,13-15H2,1H3. The molecule has 33 heavy (non-hydrogen) atoms. The van der Waals surface area contributed by atoms with E-state index in [2.05, 4.69) is 21.8 Å². The number of halogens is 1. The van der Waals surface area contributed by atoms with Gasteiger partial charge in [0.05, 0.1) is 23.6 Å². The third-order valence-corrected chi connectivity index (χ3v) is 6.74. The van der Waals surface area contributed by atoms with Crippen LogP contribution in [0.5, 0.6) is 17.2 Å². The van der Waals surface area contributed by atoms with Crippen molar-refractivity contribution in [3.05, 3.63) is 52.5 Å². The van der Waals surface area contributed by atoms with Crippen molar-refractivity contribution in [2.75, 3.05) is 46.1 Å². The lowest BCUT2D eigenvalue weighted by atomic mass is 9.93. The Bertz CT molecular complexity index is 1010. The predicted molar refractivity (Wildman–Crippen MR) is 124 cm³/mol. The molecule has 2 aromatic rings. The SMILES string of the molecule is CCOc1ccc(C2NNCC2C(=O)N2CCN(Cc3ccc4c(c3)OCO4)CC2)cc1Cl. The number of piperazine rings is 1. The molecule has 5 rings (SSSR count). The fourth-order valence-corrected chi connectivity index (χ4v) is 4.93. The Morgan fingerprint density at radius 2 is 1.94 bits per heavy atom.